The zero-order valence-electron chi connectivity index (χ0n) is 13.4. The largest absolute Gasteiger partial charge is 0.345 e. The van der Waals surface area contributed by atoms with Crippen molar-refractivity contribution in [2.75, 3.05) is 0 Å². The number of hydrogen-bond acceptors (Lipinski definition) is 1. The van der Waals surface area contributed by atoms with Gasteiger partial charge in [0.15, 0.2) is 0 Å². The van der Waals surface area contributed by atoms with Crippen LogP contribution in [0.4, 0.5) is 4.39 Å². The Labute approximate surface area is 141 Å². The molecule has 0 aliphatic carbocycles. The molecule has 1 amide bonds. The first-order valence-corrected chi connectivity index (χ1v) is 7.86. The van der Waals surface area contributed by atoms with E-state index in [4.69, 9.17) is 0 Å². The molecule has 0 radical (unpaired) electrons. The summed E-state index contributed by atoms with van der Waals surface area (Å²) in [5.41, 5.74) is 3.37. The number of hydrogen-bond donors (Lipinski definition) is 1. The molecule has 0 saturated carbocycles. The summed E-state index contributed by atoms with van der Waals surface area (Å²) in [6.45, 7) is 1.89. The van der Waals surface area contributed by atoms with E-state index in [2.05, 4.69) is 5.32 Å². The van der Waals surface area contributed by atoms with Crippen LogP contribution in [-0.4, -0.2) is 5.91 Å². The zero-order chi connectivity index (χ0) is 16.9. The van der Waals surface area contributed by atoms with Crippen LogP contribution in [0.1, 0.15) is 28.9 Å². The Hall–Kier alpha value is -2.94. The lowest BCUT2D eigenvalue weighted by Crippen LogP contribution is -2.27. The molecular weight excluding hydrogens is 301 g/mol. The van der Waals surface area contributed by atoms with Crippen LogP contribution >= 0.6 is 0 Å². The number of rotatable bonds is 4. The van der Waals surface area contributed by atoms with Crippen LogP contribution in [0, 0.1) is 5.82 Å². The number of amides is 1. The van der Waals surface area contributed by atoms with Gasteiger partial charge >= 0.3 is 0 Å². The van der Waals surface area contributed by atoms with Gasteiger partial charge in [-0.2, -0.15) is 0 Å². The van der Waals surface area contributed by atoms with E-state index in [1.54, 1.807) is 12.1 Å². The fourth-order valence-corrected chi connectivity index (χ4v) is 2.66. The number of halogens is 1. The van der Waals surface area contributed by atoms with Gasteiger partial charge in [-0.3, -0.25) is 4.79 Å². The molecule has 0 bridgehead atoms. The third-order valence-electron chi connectivity index (χ3n) is 3.97. The van der Waals surface area contributed by atoms with Gasteiger partial charge < -0.3 is 5.32 Å². The van der Waals surface area contributed by atoms with Gasteiger partial charge in [0.2, 0.25) is 0 Å². The number of carbonyl (C=O) groups excluding carboxylic acids is 1. The molecule has 3 rings (SSSR count). The summed E-state index contributed by atoms with van der Waals surface area (Å²) in [4.78, 5) is 12.7. The quantitative estimate of drug-likeness (QED) is 0.721. The first-order chi connectivity index (χ1) is 11.6. The fraction of sp³-hybridized carbons (Fsp3) is 0.0952. The fourth-order valence-electron chi connectivity index (χ4n) is 2.66. The van der Waals surface area contributed by atoms with Gasteiger partial charge in [0.25, 0.3) is 5.91 Å². The van der Waals surface area contributed by atoms with Crippen molar-refractivity contribution in [3.8, 4) is 11.1 Å². The van der Waals surface area contributed by atoms with E-state index in [9.17, 15) is 9.18 Å². The molecule has 3 aromatic rings. The van der Waals surface area contributed by atoms with Crippen LogP contribution in [-0.2, 0) is 0 Å². The van der Waals surface area contributed by atoms with Crippen molar-refractivity contribution in [3.63, 3.8) is 0 Å². The molecule has 3 aromatic carbocycles. The van der Waals surface area contributed by atoms with Crippen LogP contribution in [0.2, 0.25) is 0 Å². The Morgan fingerprint density at radius 1 is 0.875 bits per heavy atom. The molecular formula is C21H18FNO. The third kappa shape index (κ3) is 3.51. The van der Waals surface area contributed by atoms with E-state index in [0.29, 0.717) is 5.56 Å². The molecule has 24 heavy (non-hydrogen) atoms. The lowest BCUT2D eigenvalue weighted by atomic mass is 9.98. The topological polar surface area (TPSA) is 29.1 Å². The summed E-state index contributed by atoms with van der Waals surface area (Å²) in [7, 11) is 0. The maximum Gasteiger partial charge on any atom is 0.252 e. The molecule has 0 aliphatic rings. The molecule has 1 unspecified atom stereocenters. The molecule has 0 aromatic heterocycles. The average Bonchev–Trinajstić information content (AvgIpc) is 2.63. The van der Waals surface area contributed by atoms with Crippen LogP contribution in [0.5, 0.6) is 0 Å². The Balaban J connectivity index is 1.84. The van der Waals surface area contributed by atoms with Gasteiger partial charge in [0.1, 0.15) is 5.82 Å². The number of carbonyl (C=O) groups is 1. The van der Waals surface area contributed by atoms with E-state index in [1.165, 1.54) is 12.1 Å². The molecule has 0 aliphatic heterocycles. The highest BCUT2D eigenvalue weighted by Crippen LogP contribution is 2.24. The van der Waals surface area contributed by atoms with E-state index < -0.39 is 0 Å². The molecule has 1 N–H and O–H groups in total. The van der Waals surface area contributed by atoms with Gasteiger partial charge in [-0.25, -0.2) is 4.39 Å². The Bertz CT molecular complexity index is 828. The number of benzene rings is 3. The second-order valence-corrected chi connectivity index (χ2v) is 5.66. The standard InChI is InChI=1S/C21H18FNO/c1-15(16-11-13-18(22)14-12-16)23-21(24)20-10-6-5-9-19(20)17-7-3-2-4-8-17/h2-15H,1H3,(H,23,24). The smallest absolute Gasteiger partial charge is 0.252 e. The molecule has 0 fully saturated rings. The highest BCUT2D eigenvalue weighted by Gasteiger charge is 2.15. The molecule has 3 heteroatoms. The molecule has 2 nitrogen and oxygen atoms in total. The Kier molecular flexibility index (Phi) is 4.71. The summed E-state index contributed by atoms with van der Waals surface area (Å²) in [5, 5.41) is 2.98. The second kappa shape index (κ2) is 7.09. The third-order valence-corrected chi connectivity index (χ3v) is 3.97. The second-order valence-electron chi connectivity index (χ2n) is 5.66. The SMILES string of the molecule is CC(NC(=O)c1ccccc1-c1ccccc1)c1ccc(F)cc1. The molecule has 120 valence electrons. The summed E-state index contributed by atoms with van der Waals surface area (Å²) in [5.74, 6) is -0.432. The summed E-state index contributed by atoms with van der Waals surface area (Å²) < 4.78 is 13.0. The lowest BCUT2D eigenvalue weighted by Gasteiger charge is -2.16. The van der Waals surface area contributed by atoms with E-state index >= 15 is 0 Å². The zero-order valence-corrected chi connectivity index (χ0v) is 13.4. The first kappa shape index (κ1) is 15.9. The van der Waals surface area contributed by atoms with Crippen molar-refractivity contribution >= 4 is 5.91 Å². The van der Waals surface area contributed by atoms with E-state index in [0.717, 1.165) is 16.7 Å². The maximum atomic E-state index is 13.0. The van der Waals surface area contributed by atoms with Crippen LogP contribution in [0.15, 0.2) is 78.9 Å². The number of nitrogens with one attached hydrogen (secondary N) is 1. The van der Waals surface area contributed by atoms with Crippen molar-refractivity contribution in [3.05, 3.63) is 95.8 Å². The van der Waals surface area contributed by atoms with Gasteiger partial charge in [-0.1, -0.05) is 60.7 Å². The minimum absolute atomic E-state index is 0.147. The average molecular weight is 319 g/mol. The molecule has 0 heterocycles. The highest BCUT2D eigenvalue weighted by molar-refractivity contribution is 6.01. The summed E-state index contributed by atoms with van der Waals surface area (Å²) >= 11 is 0. The van der Waals surface area contributed by atoms with Crippen molar-refractivity contribution in [2.45, 2.75) is 13.0 Å². The van der Waals surface area contributed by atoms with Crippen LogP contribution < -0.4 is 5.32 Å². The van der Waals surface area contributed by atoms with Gasteiger partial charge in [0, 0.05) is 5.56 Å². The normalized spacial score (nSPS) is 11.8. The predicted octanol–water partition coefficient (Wildman–Crippen LogP) is 4.98. The van der Waals surface area contributed by atoms with Gasteiger partial charge in [0.05, 0.1) is 6.04 Å². The van der Waals surface area contributed by atoms with Crippen molar-refractivity contribution in [2.24, 2.45) is 0 Å². The minimum atomic E-state index is -0.285. The first-order valence-electron chi connectivity index (χ1n) is 7.86. The monoisotopic (exact) mass is 319 g/mol. The molecule has 0 spiro atoms. The molecule has 0 saturated heterocycles. The minimum Gasteiger partial charge on any atom is -0.345 e. The van der Waals surface area contributed by atoms with Gasteiger partial charge in [-0.05, 0) is 41.8 Å². The predicted molar refractivity (Wildman–Crippen MR) is 94.2 cm³/mol. The Morgan fingerprint density at radius 2 is 1.50 bits per heavy atom. The van der Waals surface area contributed by atoms with Crippen molar-refractivity contribution < 1.29 is 9.18 Å². The highest BCUT2D eigenvalue weighted by atomic mass is 19.1. The van der Waals surface area contributed by atoms with Crippen molar-refractivity contribution in [1.82, 2.24) is 5.32 Å². The van der Waals surface area contributed by atoms with Gasteiger partial charge in [-0.15, -0.1) is 0 Å². The van der Waals surface area contributed by atoms with Crippen molar-refractivity contribution in [1.29, 1.82) is 0 Å². The Morgan fingerprint density at radius 3 is 2.21 bits per heavy atom. The van der Waals surface area contributed by atoms with E-state index in [1.807, 2.05) is 61.5 Å². The van der Waals surface area contributed by atoms with Crippen LogP contribution in [0.25, 0.3) is 11.1 Å². The maximum absolute atomic E-state index is 13.0. The summed E-state index contributed by atoms with van der Waals surface area (Å²) in [6, 6.07) is 23.3. The molecule has 1 atom stereocenters. The summed E-state index contributed by atoms with van der Waals surface area (Å²) in [6.07, 6.45) is 0. The van der Waals surface area contributed by atoms with E-state index in [-0.39, 0.29) is 17.8 Å². The lowest BCUT2D eigenvalue weighted by molar-refractivity contribution is 0.0940. The van der Waals surface area contributed by atoms with Crippen LogP contribution in [0.3, 0.4) is 0 Å².